The Morgan fingerprint density at radius 3 is 2.82 bits per heavy atom. The van der Waals surface area contributed by atoms with Crippen LogP contribution in [0.2, 0.25) is 0 Å². The Balaban J connectivity index is 2.03. The van der Waals surface area contributed by atoms with Crippen molar-refractivity contribution in [2.75, 3.05) is 26.3 Å². The second-order valence-electron chi connectivity index (χ2n) is 5.07. The van der Waals surface area contributed by atoms with Gasteiger partial charge in [-0.2, -0.15) is 0 Å². The van der Waals surface area contributed by atoms with E-state index in [1.54, 1.807) is 0 Å². The van der Waals surface area contributed by atoms with Gasteiger partial charge in [0.15, 0.2) is 0 Å². The smallest absolute Gasteiger partial charge is 0.0897 e. The number of aliphatic hydroxyl groups excluding tert-OH is 2. The normalized spacial score (nSPS) is 27.0. The van der Waals surface area contributed by atoms with Crippen LogP contribution < -0.4 is 5.32 Å². The van der Waals surface area contributed by atoms with Crippen molar-refractivity contribution < 1.29 is 14.9 Å². The number of hydrogen-bond donors (Lipinski definition) is 3. The standard InChI is InChI=1S/C13H27NO3/c1-11-5-2-3-6-13(11)17-10-12(16)9-14-7-4-8-15/h11-16H,2-10H2,1H3. The topological polar surface area (TPSA) is 61.7 Å². The highest BCUT2D eigenvalue weighted by atomic mass is 16.5. The van der Waals surface area contributed by atoms with Gasteiger partial charge in [0.05, 0.1) is 18.8 Å². The molecule has 0 bridgehead atoms. The first-order valence-corrected chi connectivity index (χ1v) is 6.85. The molecule has 0 heterocycles. The third-order valence-corrected chi connectivity index (χ3v) is 3.43. The highest BCUT2D eigenvalue weighted by Crippen LogP contribution is 2.26. The minimum absolute atomic E-state index is 0.194. The van der Waals surface area contributed by atoms with Crippen molar-refractivity contribution in [1.82, 2.24) is 5.32 Å². The van der Waals surface area contributed by atoms with E-state index < -0.39 is 6.10 Å². The molecule has 1 rings (SSSR count). The summed E-state index contributed by atoms with van der Waals surface area (Å²) < 4.78 is 5.77. The van der Waals surface area contributed by atoms with Crippen molar-refractivity contribution in [2.24, 2.45) is 5.92 Å². The van der Waals surface area contributed by atoms with Gasteiger partial charge in [-0.3, -0.25) is 0 Å². The zero-order chi connectivity index (χ0) is 12.5. The molecule has 0 saturated heterocycles. The molecule has 3 unspecified atom stereocenters. The van der Waals surface area contributed by atoms with E-state index in [4.69, 9.17) is 9.84 Å². The van der Waals surface area contributed by atoms with Crippen molar-refractivity contribution in [1.29, 1.82) is 0 Å². The van der Waals surface area contributed by atoms with E-state index in [1.807, 2.05) is 0 Å². The Bertz CT molecular complexity index is 190. The van der Waals surface area contributed by atoms with E-state index in [0.29, 0.717) is 25.2 Å². The second-order valence-corrected chi connectivity index (χ2v) is 5.07. The molecule has 0 aromatic heterocycles. The van der Waals surface area contributed by atoms with Gasteiger partial charge in [0.2, 0.25) is 0 Å². The van der Waals surface area contributed by atoms with Crippen LogP contribution in [0, 0.1) is 5.92 Å². The summed E-state index contributed by atoms with van der Waals surface area (Å²) in [7, 11) is 0. The molecule has 1 aliphatic rings. The number of hydrogen-bond acceptors (Lipinski definition) is 4. The Kier molecular flexibility index (Phi) is 7.77. The average molecular weight is 245 g/mol. The first-order chi connectivity index (χ1) is 8.24. The maximum Gasteiger partial charge on any atom is 0.0897 e. The van der Waals surface area contributed by atoms with E-state index in [9.17, 15) is 5.11 Å². The molecule has 4 nitrogen and oxygen atoms in total. The monoisotopic (exact) mass is 245 g/mol. The summed E-state index contributed by atoms with van der Waals surface area (Å²) in [5, 5.41) is 21.4. The van der Waals surface area contributed by atoms with Gasteiger partial charge in [0.1, 0.15) is 0 Å². The van der Waals surface area contributed by atoms with Crippen LogP contribution in [0.25, 0.3) is 0 Å². The number of nitrogens with one attached hydrogen (secondary N) is 1. The molecule has 0 spiro atoms. The number of rotatable bonds is 8. The molecule has 0 radical (unpaired) electrons. The number of aliphatic hydroxyl groups is 2. The molecule has 0 aliphatic heterocycles. The lowest BCUT2D eigenvalue weighted by atomic mass is 9.88. The first-order valence-electron chi connectivity index (χ1n) is 6.85. The quantitative estimate of drug-likeness (QED) is 0.556. The molecular formula is C13H27NO3. The van der Waals surface area contributed by atoms with Gasteiger partial charge >= 0.3 is 0 Å². The van der Waals surface area contributed by atoms with Gasteiger partial charge < -0.3 is 20.3 Å². The highest BCUT2D eigenvalue weighted by Gasteiger charge is 2.22. The maximum atomic E-state index is 9.72. The molecule has 1 saturated carbocycles. The van der Waals surface area contributed by atoms with Gasteiger partial charge in [0.25, 0.3) is 0 Å². The Morgan fingerprint density at radius 2 is 2.12 bits per heavy atom. The summed E-state index contributed by atoms with van der Waals surface area (Å²) in [5.74, 6) is 0.623. The largest absolute Gasteiger partial charge is 0.396 e. The maximum absolute atomic E-state index is 9.72. The zero-order valence-electron chi connectivity index (χ0n) is 10.9. The van der Waals surface area contributed by atoms with Crippen molar-refractivity contribution in [3.8, 4) is 0 Å². The minimum atomic E-state index is -0.442. The van der Waals surface area contributed by atoms with Crippen molar-refractivity contribution in [3.05, 3.63) is 0 Å². The fourth-order valence-electron chi connectivity index (χ4n) is 2.30. The molecule has 0 aromatic carbocycles. The summed E-state index contributed by atoms with van der Waals surface area (Å²) in [6, 6.07) is 0. The van der Waals surface area contributed by atoms with Crippen LogP contribution >= 0.6 is 0 Å². The average Bonchev–Trinajstić information content (AvgIpc) is 2.34. The van der Waals surface area contributed by atoms with Crippen LogP contribution in [-0.2, 0) is 4.74 Å². The third-order valence-electron chi connectivity index (χ3n) is 3.43. The first kappa shape index (κ1) is 14.9. The molecule has 1 fully saturated rings. The number of ether oxygens (including phenoxy) is 1. The van der Waals surface area contributed by atoms with Crippen LogP contribution in [-0.4, -0.2) is 48.7 Å². The summed E-state index contributed by atoms with van der Waals surface area (Å²) in [5.41, 5.74) is 0. The summed E-state index contributed by atoms with van der Waals surface area (Å²) in [6.45, 7) is 4.13. The van der Waals surface area contributed by atoms with Gasteiger partial charge in [-0.15, -0.1) is 0 Å². The Hall–Kier alpha value is -0.160. The zero-order valence-corrected chi connectivity index (χ0v) is 10.9. The van der Waals surface area contributed by atoms with Gasteiger partial charge in [-0.1, -0.05) is 19.8 Å². The van der Waals surface area contributed by atoms with Crippen LogP contribution in [0.1, 0.15) is 39.0 Å². The van der Waals surface area contributed by atoms with Crippen LogP contribution in [0.15, 0.2) is 0 Å². The van der Waals surface area contributed by atoms with Crippen molar-refractivity contribution >= 4 is 0 Å². The minimum Gasteiger partial charge on any atom is -0.396 e. The lowest BCUT2D eigenvalue weighted by molar-refractivity contribution is -0.0451. The lowest BCUT2D eigenvalue weighted by Crippen LogP contribution is -2.34. The van der Waals surface area contributed by atoms with Gasteiger partial charge in [-0.05, 0) is 31.7 Å². The highest BCUT2D eigenvalue weighted by molar-refractivity contribution is 4.73. The van der Waals surface area contributed by atoms with Crippen LogP contribution in [0.5, 0.6) is 0 Å². The third kappa shape index (κ3) is 6.36. The molecule has 3 atom stereocenters. The molecule has 4 heteroatoms. The predicted molar refractivity (Wildman–Crippen MR) is 68.0 cm³/mol. The van der Waals surface area contributed by atoms with E-state index >= 15 is 0 Å². The van der Waals surface area contributed by atoms with Crippen LogP contribution in [0.4, 0.5) is 0 Å². The fourth-order valence-corrected chi connectivity index (χ4v) is 2.30. The van der Waals surface area contributed by atoms with E-state index in [2.05, 4.69) is 12.2 Å². The summed E-state index contributed by atoms with van der Waals surface area (Å²) in [4.78, 5) is 0. The SMILES string of the molecule is CC1CCCCC1OCC(O)CNCCCO. The molecule has 0 aromatic rings. The molecule has 1 aliphatic carbocycles. The van der Waals surface area contributed by atoms with Crippen molar-refractivity contribution in [2.45, 2.75) is 51.2 Å². The Morgan fingerprint density at radius 1 is 1.35 bits per heavy atom. The van der Waals surface area contributed by atoms with Crippen molar-refractivity contribution in [3.63, 3.8) is 0 Å². The molecule has 3 N–H and O–H groups in total. The molecule has 17 heavy (non-hydrogen) atoms. The van der Waals surface area contributed by atoms with E-state index in [-0.39, 0.29) is 6.61 Å². The predicted octanol–water partition coefficient (Wildman–Crippen LogP) is 0.915. The van der Waals surface area contributed by atoms with Gasteiger partial charge in [-0.25, -0.2) is 0 Å². The van der Waals surface area contributed by atoms with E-state index in [0.717, 1.165) is 19.4 Å². The fraction of sp³-hybridized carbons (Fsp3) is 1.00. The molecular weight excluding hydrogens is 218 g/mol. The second kappa shape index (κ2) is 8.86. The molecule has 102 valence electrons. The molecule has 0 amide bonds. The van der Waals surface area contributed by atoms with Crippen LogP contribution in [0.3, 0.4) is 0 Å². The summed E-state index contributed by atoms with van der Waals surface area (Å²) >= 11 is 0. The lowest BCUT2D eigenvalue weighted by Gasteiger charge is -2.29. The van der Waals surface area contributed by atoms with E-state index in [1.165, 1.54) is 19.3 Å². The van der Waals surface area contributed by atoms with Gasteiger partial charge in [0, 0.05) is 13.2 Å². The Labute approximate surface area is 104 Å². The summed E-state index contributed by atoms with van der Waals surface area (Å²) in [6.07, 6.45) is 5.56.